The number of alkyl halides is 4. The van der Waals surface area contributed by atoms with Crippen molar-refractivity contribution in [3.63, 3.8) is 0 Å². The number of benzene rings is 1. The van der Waals surface area contributed by atoms with Crippen molar-refractivity contribution in [2.75, 3.05) is 0 Å². The molecular formula is C10H10BrF3. The maximum absolute atomic E-state index is 12.6. The van der Waals surface area contributed by atoms with Crippen LogP contribution in [0.3, 0.4) is 0 Å². The third-order valence-corrected chi connectivity index (χ3v) is 2.30. The number of halogens is 4. The van der Waals surface area contributed by atoms with Crippen LogP contribution < -0.4 is 0 Å². The second kappa shape index (κ2) is 3.57. The van der Waals surface area contributed by atoms with E-state index in [1.807, 2.05) is 0 Å². The van der Waals surface area contributed by atoms with Crippen LogP contribution in [0, 0.1) is 0 Å². The van der Waals surface area contributed by atoms with E-state index in [0.717, 1.165) is 6.07 Å². The van der Waals surface area contributed by atoms with Crippen LogP contribution in [0.1, 0.15) is 25.0 Å². The molecule has 1 rings (SSSR count). The van der Waals surface area contributed by atoms with Gasteiger partial charge >= 0.3 is 6.18 Å². The van der Waals surface area contributed by atoms with Gasteiger partial charge in [-0.25, -0.2) is 0 Å². The highest BCUT2D eigenvalue weighted by atomic mass is 79.9. The van der Waals surface area contributed by atoms with Gasteiger partial charge in [0.1, 0.15) is 0 Å². The molecule has 0 amide bonds. The summed E-state index contributed by atoms with van der Waals surface area (Å²) in [5.41, 5.74) is -0.325. The third kappa shape index (κ3) is 2.50. The van der Waals surface area contributed by atoms with E-state index >= 15 is 0 Å². The Morgan fingerprint density at radius 2 is 1.43 bits per heavy atom. The minimum absolute atomic E-state index is 0.257. The Bertz CT molecular complexity index is 290. The van der Waals surface area contributed by atoms with Crippen LogP contribution in [0.5, 0.6) is 0 Å². The Balaban J connectivity index is 3.31. The van der Waals surface area contributed by atoms with Crippen molar-refractivity contribution in [3.8, 4) is 0 Å². The SMILES string of the molecule is CC(C)(Br)c1ccccc1C(F)(F)F. The molecule has 0 aliphatic rings. The zero-order chi connectivity index (χ0) is 11.0. The minimum Gasteiger partial charge on any atom is -0.166 e. The van der Waals surface area contributed by atoms with E-state index in [9.17, 15) is 13.2 Å². The number of hydrogen-bond donors (Lipinski definition) is 0. The molecule has 0 spiro atoms. The van der Waals surface area contributed by atoms with Gasteiger partial charge < -0.3 is 0 Å². The van der Waals surface area contributed by atoms with E-state index in [2.05, 4.69) is 15.9 Å². The smallest absolute Gasteiger partial charge is 0.166 e. The Morgan fingerprint density at radius 1 is 1.00 bits per heavy atom. The van der Waals surface area contributed by atoms with Gasteiger partial charge in [0.2, 0.25) is 0 Å². The molecule has 0 saturated carbocycles. The summed E-state index contributed by atoms with van der Waals surface area (Å²) in [7, 11) is 0. The Labute approximate surface area is 89.3 Å². The van der Waals surface area contributed by atoms with Crippen LogP contribution in [0.2, 0.25) is 0 Å². The summed E-state index contributed by atoms with van der Waals surface area (Å²) < 4.78 is 37.0. The molecule has 0 radical (unpaired) electrons. The van der Waals surface area contributed by atoms with Crippen molar-refractivity contribution in [2.24, 2.45) is 0 Å². The molecule has 4 heteroatoms. The molecule has 0 atom stereocenters. The number of rotatable bonds is 1. The minimum atomic E-state index is -4.29. The van der Waals surface area contributed by atoms with Gasteiger partial charge in [0.15, 0.2) is 0 Å². The molecular weight excluding hydrogens is 257 g/mol. The first-order chi connectivity index (χ1) is 6.23. The molecule has 0 bridgehead atoms. The lowest BCUT2D eigenvalue weighted by Gasteiger charge is -2.22. The average molecular weight is 267 g/mol. The molecule has 14 heavy (non-hydrogen) atoms. The van der Waals surface area contributed by atoms with Gasteiger partial charge in [0.25, 0.3) is 0 Å². The van der Waals surface area contributed by atoms with Crippen molar-refractivity contribution in [1.82, 2.24) is 0 Å². The lowest BCUT2D eigenvalue weighted by atomic mass is 9.97. The van der Waals surface area contributed by atoms with Gasteiger partial charge in [-0.05, 0) is 25.5 Å². The van der Waals surface area contributed by atoms with Gasteiger partial charge in [-0.3, -0.25) is 0 Å². The molecule has 0 aromatic heterocycles. The summed E-state index contributed by atoms with van der Waals surface area (Å²) in [6, 6.07) is 5.58. The number of hydrogen-bond acceptors (Lipinski definition) is 0. The lowest BCUT2D eigenvalue weighted by Crippen LogP contribution is -2.16. The van der Waals surface area contributed by atoms with E-state index in [0.29, 0.717) is 0 Å². The fraction of sp³-hybridized carbons (Fsp3) is 0.400. The summed E-state index contributed by atoms with van der Waals surface area (Å²) >= 11 is 3.23. The predicted molar refractivity (Wildman–Crippen MR) is 53.4 cm³/mol. The van der Waals surface area contributed by atoms with Crippen LogP contribution in [0.25, 0.3) is 0 Å². The largest absolute Gasteiger partial charge is 0.416 e. The van der Waals surface area contributed by atoms with Crippen molar-refractivity contribution in [3.05, 3.63) is 35.4 Å². The van der Waals surface area contributed by atoms with Crippen LogP contribution in [-0.4, -0.2) is 0 Å². The monoisotopic (exact) mass is 266 g/mol. The molecule has 78 valence electrons. The first-order valence-corrected chi connectivity index (χ1v) is 4.88. The van der Waals surface area contributed by atoms with Crippen molar-refractivity contribution in [1.29, 1.82) is 0 Å². The molecule has 0 N–H and O–H groups in total. The molecule has 0 heterocycles. The van der Waals surface area contributed by atoms with Crippen LogP contribution >= 0.6 is 15.9 Å². The zero-order valence-electron chi connectivity index (χ0n) is 7.82. The molecule has 0 aliphatic carbocycles. The second-order valence-electron chi connectivity index (χ2n) is 3.52. The lowest BCUT2D eigenvalue weighted by molar-refractivity contribution is -0.138. The standard InChI is InChI=1S/C10H10BrF3/c1-9(2,11)7-5-3-4-6-8(7)10(12,13)14/h3-6H,1-2H3. The molecule has 1 aromatic carbocycles. The molecule has 0 saturated heterocycles. The van der Waals surface area contributed by atoms with E-state index in [1.54, 1.807) is 19.9 Å². The van der Waals surface area contributed by atoms with E-state index in [-0.39, 0.29) is 5.56 Å². The molecule has 0 aliphatic heterocycles. The first-order valence-electron chi connectivity index (χ1n) is 4.08. The summed E-state index contributed by atoms with van der Waals surface area (Å²) in [5.74, 6) is 0. The van der Waals surface area contributed by atoms with Gasteiger partial charge in [0, 0.05) is 4.32 Å². The summed E-state index contributed by atoms with van der Waals surface area (Å²) in [5, 5.41) is 0. The van der Waals surface area contributed by atoms with Gasteiger partial charge in [-0.2, -0.15) is 13.2 Å². The van der Waals surface area contributed by atoms with Gasteiger partial charge in [0.05, 0.1) is 5.56 Å². The predicted octanol–water partition coefficient (Wildman–Crippen LogP) is 4.34. The first kappa shape index (κ1) is 11.6. The Kier molecular flexibility index (Phi) is 2.95. The highest BCUT2D eigenvalue weighted by Gasteiger charge is 2.36. The highest BCUT2D eigenvalue weighted by molar-refractivity contribution is 9.09. The zero-order valence-corrected chi connectivity index (χ0v) is 9.41. The highest BCUT2D eigenvalue weighted by Crippen LogP contribution is 2.39. The Hall–Kier alpha value is -0.510. The van der Waals surface area contributed by atoms with Crippen LogP contribution in [0.15, 0.2) is 24.3 Å². The van der Waals surface area contributed by atoms with E-state index < -0.39 is 16.1 Å². The van der Waals surface area contributed by atoms with Gasteiger partial charge in [-0.1, -0.05) is 34.1 Å². The fourth-order valence-corrected chi connectivity index (χ4v) is 1.59. The topological polar surface area (TPSA) is 0 Å². The van der Waals surface area contributed by atoms with Crippen molar-refractivity contribution >= 4 is 15.9 Å². The average Bonchev–Trinajstić information content (AvgIpc) is 2.01. The molecule has 1 aromatic rings. The normalized spacial score (nSPS) is 13.0. The van der Waals surface area contributed by atoms with Crippen molar-refractivity contribution < 1.29 is 13.2 Å². The second-order valence-corrected chi connectivity index (χ2v) is 5.50. The molecule has 0 fully saturated rings. The maximum Gasteiger partial charge on any atom is 0.416 e. The summed E-state index contributed by atoms with van der Waals surface area (Å²) in [6.45, 7) is 3.38. The molecule has 0 nitrogen and oxygen atoms in total. The molecule has 0 unspecified atom stereocenters. The van der Waals surface area contributed by atoms with Crippen molar-refractivity contribution in [2.45, 2.75) is 24.3 Å². The summed E-state index contributed by atoms with van der Waals surface area (Å²) in [4.78, 5) is 0. The van der Waals surface area contributed by atoms with Crippen LogP contribution in [0.4, 0.5) is 13.2 Å². The quantitative estimate of drug-likeness (QED) is 0.664. The van der Waals surface area contributed by atoms with E-state index in [1.165, 1.54) is 12.1 Å². The summed E-state index contributed by atoms with van der Waals surface area (Å²) in [6.07, 6.45) is -4.29. The van der Waals surface area contributed by atoms with E-state index in [4.69, 9.17) is 0 Å². The maximum atomic E-state index is 12.6. The third-order valence-electron chi connectivity index (χ3n) is 1.87. The van der Waals surface area contributed by atoms with Gasteiger partial charge in [-0.15, -0.1) is 0 Å². The Morgan fingerprint density at radius 3 is 1.71 bits per heavy atom. The van der Waals surface area contributed by atoms with Crippen LogP contribution in [-0.2, 0) is 10.5 Å². The fourth-order valence-electron chi connectivity index (χ4n) is 1.25.